The molecule has 1 aromatic heterocycles. The van der Waals surface area contributed by atoms with Gasteiger partial charge in [-0.15, -0.1) is 24.8 Å². The van der Waals surface area contributed by atoms with Crippen molar-refractivity contribution in [3.05, 3.63) is 22.6 Å². The summed E-state index contributed by atoms with van der Waals surface area (Å²) < 4.78 is 6.61. The van der Waals surface area contributed by atoms with Crippen molar-refractivity contribution in [3.8, 4) is 0 Å². The Kier molecular flexibility index (Phi) is 6.48. The summed E-state index contributed by atoms with van der Waals surface area (Å²) in [7, 11) is 0. The van der Waals surface area contributed by atoms with Crippen molar-refractivity contribution in [2.75, 3.05) is 26.2 Å². The van der Waals surface area contributed by atoms with Gasteiger partial charge in [0.15, 0.2) is 4.67 Å². The predicted octanol–water partition coefficient (Wildman–Crippen LogP) is 3.24. The van der Waals surface area contributed by atoms with Crippen LogP contribution in [0, 0.1) is 5.92 Å². The van der Waals surface area contributed by atoms with Crippen molar-refractivity contribution in [1.29, 1.82) is 0 Å². The highest BCUT2D eigenvalue weighted by Crippen LogP contribution is 2.45. The molecular formula is C12H19BrCl2N2O. The summed E-state index contributed by atoms with van der Waals surface area (Å²) in [6.45, 7) is 4.48. The molecule has 0 spiro atoms. The maximum absolute atomic E-state index is 5.75. The molecule has 0 aromatic carbocycles. The van der Waals surface area contributed by atoms with E-state index >= 15 is 0 Å². The molecule has 1 aromatic rings. The first-order chi connectivity index (χ1) is 7.84. The molecule has 0 bridgehead atoms. The molecule has 1 saturated carbocycles. The Labute approximate surface area is 129 Å². The fourth-order valence-electron chi connectivity index (χ4n) is 2.57. The highest BCUT2D eigenvalue weighted by atomic mass is 79.9. The van der Waals surface area contributed by atoms with Gasteiger partial charge in [-0.3, -0.25) is 4.90 Å². The van der Waals surface area contributed by atoms with E-state index < -0.39 is 0 Å². The van der Waals surface area contributed by atoms with Gasteiger partial charge in [0.1, 0.15) is 5.76 Å². The second-order valence-electron chi connectivity index (χ2n) is 4.71. The van der Waals surface area contributed by atoms with Gasteiger partial charge < -0.3 is 9.73 Å². The lowest BCUT2D eigenvalue weighted by molar-refractivity contribution is 0.136. The van der Waals surface area contributed by atoms with E-state index in [4.69, 9.17) is 4.42 Å². The molecule has 1 aliphatic heterocycles. The minimum atomic E-state index is 0. The van der Waals surface area contributed by atoms with E-state index in [2.05, 4.69) is 32.2 Å². The summed E-state index contributed by atoms with van der Waals surface area (Å²) in [6.07, 6.45) is 2.71. The van der Waals surface area contributed by atoms with E-state index in [9.17, 15) is 0 Å². The molecule has 0 unspecified atom stereocenters. The molecule has 3 nitrogen and oxygen atoms in total. The van der Waals surface area contributed by atoms with Crippen LogP contribution >= 0.6 is 40.7 Å². The summed E-state index contributed by atoms with van der Waals surface area (Å²) >= 11 is 3.40. The maximum Gasteiger partial charge on any atom is 0.169 e. The normalized spacial score (nSPS) is 21.8. The first-order valence-electron chi connectivity index (χ1n) is 6.04. The highest BCUT2D eigenvalue weighted by molar-refractivity contribution is 9.10. The zero-order valence-electron chi connectivity index (χ0n) is 10.1. The van der Waals surface area contributed by atoms with Crippen LogP contribution in [0.25, 0.3) is 0 Å². The van der Waals surface area contributed by atoms with E-state index in [1.165, 1.54) is 12.8 Å². The van der Waals surface area contributed by atoms with Gasteiger partial charge in [0, 0.05) is 26.2 Å². The van der Waals surface area contributed by atoms with Crippen molar-refractivity contribution in [3.63, 3.8) is 0 Å². The standard InChI is InChI=1S/C12H17BrN2O.2ClH/c13-11-4-3-10(16-11)12(9-1-2-9)15-7-5-14-6-8-15;;/h3-4,9,12,14H,1-2,5-8H2;2*1H/t12-;;/m0../s1. The first kappa shape index (κ1) is 16.3. The molecule has 1 saturated heterocycles. The zero-order valence-corrected chi connectivity index (χ0v) is 13.3. The molecule has 2 heterocycles. The van der Waals surface area contributed by atoms with Crippen LogP contribution in [0.2, 0.25) is 0 Å². The minimum absolute atomic E-state index is 0. The Bertz CT molecular complexity index is 365. The monoisotopic (exact) mass is 356 g/mol. The fraction of sp³-hybridized carbons (Fsp3) is 0.667. The SMILES string of the molecule is Brc1ccc([C@H](C2CC2)N2CCNCC2)o1.Cl.Cl. The largest absolute Gasteiger partial charge is 0.453 e. The van der Waals surface area contributed by atoms with Crippen molar-refractivity contribution in [2.24, 2.45) is 5.92 Å². The number of halogens is 3. The number of hydrogen-bond acceptors (Lipinski definition) is 3. The third-order valence-corrected chi connectivity index (χ3v) is 3.93. The molecule has 0 radical (unpaired) electrons. The molecule has 1 N–H and O–H groups in total. The Morgan fingerprint density at radius 3 is 2.39 bits per heavy atom. The second-order valence-corrected chi connectivity index (χ2v) is 5.49. The van der Waals surface area contributed by atoms with Crippen molar-refractivity contribution in [1.82, 2.24) is 10.2 Å². The van der Waals surface area contributed by atoms with Crippen molar-refractivity contribution >= 4 is 40.7 Å². The van der Waals surface area contributed by atoms with Gasteiger partial charge in [0.2, 0.25) is 0 Å². The Balaban J connectivity index is 0.000000810. The average Bonchev–Trinajstić information content (AvgIpc) is 3.04. The van der Waals surface area contributed by atoms with E-state index in [1.807, 2.05) is 6.07 Å². The molecule has 1 atom stereocenters. The number of rotatable bonds is 3. The van der Waals surface area contributed by atoms with Gasteiger partial charge in [0.25, 0.3) is 0 Å². The fourth-order valence-corrected chi connectivity index (χ4v) is 2.89. The second kappa shape index (κ2) is 7.15. The van der Waals surface area contributed by atoms with Gasteiger partial charge >= 0.3 is 0 Å². The molecule has 2 fully saturated rings. The number of nitrogens with zero attached hydrogens (tertiary/aromatic N) is 1. The van der Waals surface area contributed by atoms with Crippen molar-refractivity contribution < 1.29 is 4.42 Å². The lowest BCUT2D eigenvalue weighted by Crippen LogP contribution is -2.45. The van der Waals surface area contributed by atoms with E-state index in [0.29, 0.717) is 6.04 Å². The van der Waals surface area contributed by atoms with E-state index in [-0.39, 0.29) is 24.8 Å². The summed E-state index contributed by atoms with van der Waals surface area (Å²) in [5.41, 5.74) is 0. The summed E-state index contributed by atoms with van der Waals surface area (Å²) in [4.78, 5) is 2.57. The van der Waals surface area contributed by atoms with Crippen LogP contribution in [0.5, 0.6) is 0 Å². The summed E-state index contributed by atoms with van der Waals surface area (Å²) in [5.74, 6) is 1.95. The lowest BCUT2D eigenvalue weighted by Gasteiger charge is -2.33. The lowest BCUT2D eigenvalue weighted by atomic mass is 10.1. The third kappa shape index (κ3) is 3.64. The minimum Gasteiger partial charge on any atom is -0.453 e. The van der Waals surface area contributed by atoms with E-state index in [1.54, 1.807) is 0 Å². The molecule has 1 aliphatic carbocycles. The van der Waals surface area contributed by atoms with Crippen LogP contribution in [-0.2, 0) is 0 Å². The quantitative estimate of drug-likeness (QED) is 0.900. The number of hydrogen-bond donors (Lipinski definition) is 1. The Hall–Kier alpha value is 0.260. The van der Waals surface area contributed by atoms with Crippen LogP contribution in [-0.4, -0.2) is 31.1 Å². The molecule has 104 valence electrons. The smallest absolute Gasteiger partial charge is 0.169 e. The number of piperazine rings is 1. The molecular weight excluding hydrogens is 339 g/mol. The van der Waals surface area contributed by atoms with Crippen LogP contribution in [0.1, 0.15) is 24.6 Å². The molecule has 2 aliphatic rings. The van der Waals surface area contributed by atoms with Gasteiger partial charge in [-0.1, -0.05) is 0 Å². The number of nitrogens with one attached hydrogen (secondary N) is 1. The van der Waals surface area contributed by atoms with Crippen LogP contribution < -0.4 is 5.32 Å². The van der Waals surface area contributed by atoms with Gasteiger partial charge in [0.05, 0.1) is 6.04 Å². The number of furan rings is 1. The zero-order chi connectivity index (χ0) is 11.0. The molecule has 6 heteroatoms. The Morgan fingerprint density at radius 2 is 1.89 bits per heavy atom. The van der Waals surface area contributed by atoms with Gasteiger partial charge in [-0.05, 0) is 46.8 Å². The maximum atomic E-state index is 5.75. The van der Waals surface area contributed by atoms with Crippen LogP contribution in [0.15, 0.2) is 21.2 Å². The summed E-state index contributed by atoms with van der Waals surface area (Å²) in [6, 6.07) is 4.63. The Morgan fingerprint density at radius 1 is 1.22 bits per heavy atom. The van der Waals surface area contributed by atoms with Gasteiger partial charge in [-0.25, -0.2) is 0 Å². The predicted molar refractivity (Wildman–Crippen MR) is 80.8 cm³/mol. The highest BCUT2D eigenvalue weighted by Gasteiger charge is 2.38. The van der Waals surface area contributed by atoms with E-state index in [0.717, 1.165) is 42.5 Å². The van der Waals surface area contributed by atoms with Crippen LogP contribution in [0.3, 0.4) is 0 Å². The first-order valence-corrected chi connectivity index (χ1v) is 6.84. The van der Waals surface area contributed by atoms with Crippen molar-refractivity contribution in [2.45, 2.75) is 18.9 Å². The average molecular weight is 358 g/mol. The topological polar surface area (TPSA) is 28.4 Å². The van der Waals surface area contributed by atoms with Gasteiger partial charge in [-0.2, -0.15) is 0 Å². The molecule has 18 heavy (non-hydrogen) atoms. The molecule has 3 rings (SSSR count). The molecule has 0 amide bonds. The third-order valence-electron chi connectivity index (χ3n) is 3.50. The van der Waals surface area contributed by atoms with Crippen LogP contribution in [0.4, 0.5) is 0 Å². The summed E-state index contributed by atoms with van der Waals surface area (Å²) in [5, 5.41) is 3.40.